The molecule has 3 N–H and O–H groups in total. The van der Waals surface area contributed by atoms with Crippen LogP contribution in [-0.2, 0) is 9.53 Å². The monoisotopic (exact) mass is 353 g/mol. The number of carbonyl (C=O) groups is 1. The Kier molecular flexibility index (Phi) is 9.66. The molecule has 2 rings (SSSR count). The van der Waals surface area contributed by atoms with Crippen molar-refractivity contribution in [1.29, 1.82) is 0 Å². The summed E-state index contributed by atoms with van der Waals surface area (Å²) < 4.78 is 5.36. The highest BCUT2D eigenvalue weighted by Crippen LogP contribution is 2.27. The fourth-order valence-electron chi connectivity index (χ4n) is 3.40. The summed E-state index contributed by atoms with van der Waals surface area (Å²) in [5.41, 5.74) is 0. The van der Waals surface area contributed by atoms with E-state index in [0.717, 1.165) is 51.9 Å². The molecule has 7 heteroatoms. The summed E-state index contributed by atoms with van der Waals surface area (Å²) in [4.78, 5) is 18.9. The van der Waals surface area contributed by atoms with E-state index in [9.17, 15) is 4.79 Å². The molecule has 1 aliphatic carbocycles. The van der Waals surface area contributed by atoms with Gasteiger partial charge in [0.1, 0.15) is 0 Å². The Hall–Kier alpha value is -1.34. The third kappa shape index (κ3) is 8.54. The predicted molar refractivity (Wildman–Crippen MR) is 101 cm³/mol. The minimum atomic E-state index is 0.183. The summed E-state index contributed by atoms with van der Waals surface area (Å²) in [5.74, 6) is 1.61. The van der Waals surface area contributed by atoms with Crippen molar-refractivity contribution in [2.45, 2.75) is 39.0 Å². The highest BCUT2D eigenvalue weighted by molar-refractivity contribution is 5.80. The van der Waals surface area contributed by atoms with E-state index >= 15 is 0 Å². The van der Waals surface area contributed by atoms with Crippen LogP contribution in [-0.4, -0.2) is 75.8 Å². The number of hydrogen-bond acceptors (Lipinski definition) is 4. The van der Waals surface area contributed by atoms with E-state index < -0.39 is 0 Å². The van der Waals surface area contributed by atoms with Gasteiger partial charge in [-0.1, -0.05) is 12.8 Å². The maximum Gasteiger partial charge on any atom is 0.220 e. The standard InChI is InChI=1S/C18H35N5O2/c1-2-19-18(22-9-10-23-11-13-25-14-12-23)21-8-7-20-17(24)15-16-5-3-4-6-16/h16H,2-15H2,1H3,(H,20,24)(H2,19,21,22). The number of nitrogens with zero attached hydrogens (tertiary/aromatic N) is 2. The van der Waals surface area contributed by atoms with Crippen LogP contribution in [0.4, 0.5) is 0 Å². The normalized spacial score (nSPS) is 19.8. The lowest BCUT2D eigenvalue weighted by Crippen LogP contribution is -2.42. The van der Waals surface area contributed by atoms with Crippen molar-refractivity contribution in [3.05, 3.63) is 0 Å². The van der Waals surface area contributed by atoms with Gasteiger partial charge in [-0.2, -0.15) is 0 Å². The summed E-state index contributed by atoms with van der Waals surface area (Å²) in [6, 6.07) is 0. The molecule has 1 amide bonds. The number of guanidine groups is 1. The number of ether oxygens (including phenoxy) is 1. The quantitative estimate of drug-likeness (QED) is 0.321. The molecule has 0 aromatic heterocycles. The number of aliphatic imine (C=N–C) groups is 1. The molecule has 25 heavy (non-hydrogen) atoms. The molecule has 0 aromatic carbocycles. The summed E-state index contributed by atoms with van der Waals surface area (Å²) in [6.45, 7) is 9.57. The molecule has 0 aromatic rings. The molecule has 0 radical (unpaired) electrons. The van der Waals surface area contributed by atoms with Crippen molar-refractivity contribution in [2.75, 3.05) is 59.0 Å². The summed E-state index contributed by atoms with van der Waals surface area (Å²) in [5, 5.41) is 9.55. The fourth-order valence-corrected chi connectivity index (χ4v) is 3.40. The molecule has 0 spiro atoms. The Bertz CT molecular complexity index is 404. The highest BCUT2D eigenvalue weighted by Gasteiger charge is 2.17. The molecular formula is C18H35N5O2. The largest absolute Gasteiger partial charge is 0.379 e. The average Bonchev–Trinajstić information content (AvgIpc) is 3.12. The third-order valence-electron chi connectivity index (χ3n) is 4.82. The van der Waals surface area contributed by atoms with Gasteiger partial charge in [-0.15, -0.1) is 0 Å². The fraction of sp³-hybridized carbons (Fsp3) is 0.889. The maximum absolute atomic E-state index is 11.9. The zero-order chi connectivity index (χ0) is 17.7. The second kappa shape index (κ2) is 12.1. The maximum atomic E-state index is 11.9. The third-order valence-corrected chi connectivity index (χ3v) is 4.82. The van der Waals surface area contributed by atoms with Gasteiger partial charge in [0.25, 0.3) is 0 Å². The summed E-state index contributed by atoms with van der Waals surface area (Å²) in [6.07, 6.45) is 5.69. The lowest BCUT2D eigenvalue weighted by atomic mass is 10.0. The van der Waals surface area contributed by atoms with Gasteiger partial charge in [0, 0.05) is 45.7 Å². The molecule has 1 heterocycles. The minimum absolute atomic E-state index is 0.183. The van der Waals surface area contributed by atoms with Crippen LogP contribution in [0.25, 0.3) is 0 Å². The van der Waals surface area contributed by atoms with Crippen molar-refractivity contribution >= 4 is 11.9 Å². The Morgan fingerprint density at radius 2 is 1.84 bits per heavy atom. The van der Waals surface area contributed by atoms with E-state index in [2.05, 4.69) is 32.8 Å². The molecule has 1 saturated heterocycles. The van der Waals surface area contributed by atoms with Crippen LogP contribution >= 0.6 is 0 Å². The first kappa shape index (κ1) is 20.0. The first-order valence-electron chi connectivity index (χ1n) is 9.87. The van der Waals surface area contributed by atoms with Crippen molar-refractivity contribution in [3.8, 4) is 0 Å². The van der Waals surface area contributed by atoms with E-state index in [1.807, 2.05) is 0 Å². The van der Waals surface area contributed by atoms with Gasteiger partial charge in [0.2, 0.25) is 5.91 Å². The van der Waals surface area contributed by atoms with Gasteiger partial charge < -0.3 is 20.7 Å². The lowest BCUT2D eigenvalue weighted by Gasteiger charge is -2.25. The Morgan fingerprint density at radius 3 is 2.56 bits per heavy atom. The second-order valence-electron chi connectivity index (χ2n) is 6.85. The smallest absolute Gasteiger partial charge is 0.220 e. The number of carbonyl (C=O) groups excluding carboxylic acids is 1. The Morgan fingerprint density at radius 1 is 1.12 bits per heavy atom. The predicted octanol–water partition coefficient (Wildman–Crippen LogP) is 0.570. The Labute approximate surface area is 152 Å². The van der Waals surface area contributed by atoms with Crippen LogP contribution in [0.15, 0.2) is 4.99 Å². The molecule has 1 aliphatic heterocycles. The van der Waals surface area contributed by atoms with E-state index in [0.29, 0.717) is 25.4 Å². The average molecular weight is 354 g/mol. The van der Waals surface area contributed by atoms with Crippen molar-refractivity contribution < 1.29 is 9.53 Å². The van der Waals surface area contributed by atoms with Crippen LogP contribution in [0.3, 0.4) is 0 Å². The second-order valence-corrected chi connectivity index (χ2v) is 6.85. The van der Waals surface area contributed by atoms with Crippen molar-refractivity contribution in [3.63, 3.8) is 0 Å². The van der Waals surface area contributed by atoms with E-state index in [-0.39, 0.29) is 5.91 Å². The number of amides is 1. The highest BCUT2D eigenvalue weighted by atomic mass is 16.5. The lowest BCUT2D eigenvalue weighted by molar-refractivity contribution is -0.121. The van der Waals surface area contributed by atoms with Crippen molar-refractivity contribution in [2.24, 2.45) is 10.9 Å². The van der Waals surface area contributed by atoms with Gasteiger partial charge in [-0.25, -0.2) is 0 Å². The minimum Gasteiger partial charge on any atom is -0.379 e. The molecule has 7 nitrogen and oxygen atoms in total. The number of nitrogens with one attached hydrogen (secondary N) is 3. The first-order chi connectivity index (χ1) is 12.3. The molecule has 2 fully saturated rings. The molecule has 0 bridgehead atoms. The van der Waals surface area contributed by atoms with E-state index in [1.165, 1.54) is 25.7 Å². The zero-order valence-electron chi connectivity index (χ0n) is 15.7. The zero-order valence-corrected chi connectivity index (χ0v) is 15.7. The molecule has 0 unspecified atom stereocenters. The van der Waals surface area contributed by atoms with Gasteiger partial charge in [0.05, 0.1) is 19.8 Å². The molecule has 0 atom stereocenters. The van der Waals surface area contributed by atoms with Crippen LogP contribution < -0.4 is 16.0 Å². The van der Waals surface area contributed by atoms with E-state index in [1.54, 1.807) is 0 Å². The Balaban J connectivity index is 1.57. The summed E-state index contributed by atoms with van der Waals surface area (Å²) in [7, 11) is 0. The van der Waals surface area contributed by atoms with Crippen LogP contribution in [0.2, 0.25) is 0 Å². The number of hydrogen-bond donors (Lipinski definition) is 3. The number of morpholine rings is 1. The van der Waals surface area contributed by atoms with Gasteiger partial charge >= 0.3 is 0 Å². The van der Waals surface area contributed by atoms with Gasteiger partial charge in [-0.05, 0) is 25.7 Å². The van der Waals surface area contributed by atoms with Crippen LogP contribution in [0.5, 0.6) is 0 Å². The molecule has 2 aliphatic rings. The van der Waals surface area contributed by atoms with Crippen LogP contribution in [0, 0.1) is 5.92 Å². The topological polar surface area (TPSA) is 78.0 Å². The van der Waals surface area contributed by atoms with Gasteiger partial charge in [0.15, 0.2) is 5.96 Å². The SMILES string of the molecule is CCNC(=NCCN1CCOCC1)NCCNC(=O)CC1CCCC1. The van der Waals surface area contributed by atoms with Crippen molar-refractivity contribution in [1.82, 2.24) is 20.9 Å². The molecule has 144 valence electrons. The van der Waals surface area contributed by atoms with E-state index in [4.69, 9.17) is 4.74 Å². The summed E-state index contributed by atoms with van der Waals surface area (Å²) >= 11 is 0. The van der Waals surface area contributed by atoms with Crippen LogP contribution in [0.1, 0.15) is 39.0 Å². The first-order valence-corrected chi connectivity index (χ1v) is 9.87. The number of rotatable bonds is 9. The molecule has 1 saturated carbocycles. The molecular weight excluding hydrogens is 318 g/mol. The van der Waals surface area contributed by atoms with Gasteiger partial charge in [-0.3, -0.25) is 14.7 Å².